The number of rotatable bonds is 10. The van der Waals surface area contributed by atoms with Crippen molar-refractivity contribution in [2.45, 2.75) is 74.6 Å². The molecule has 12 nitrogen and oxygen atoms in total. The van der Waals surface area contributed by atoms with E-state index in [1.807, 2.05) is 60.7 Å². The molecule has 0 spiro atoms. The summed E-state index contributed by atoms with van der Waals surface area (Å²) >= 11 is 0. The summed E-state index contributed by atoms with van der Waals surface area (Å²) in [5.74, 6) is -0.538. The molecule has 4 saturated heterocycles. The fourth-order valence-corrected chi connectivity index (χ4v) is 6.25. The Hall–Kier alpha value is -3.88. The van der Waals surface area contributed by atoms with Gasteiger partial charge in [-0.3, -0.25) is 0 Å². The first-order valence-corrected chi connectivity index (χ1v) is 15.6. The molecule has 4 aliphatic rings. The van der Waals surface area contributed by atoms with E-state index in [2.05, 4.69) is 0 Å². The lowest BCUT2D eigenvalue weighted by molar-refractivity contribution is -0.385. The monoisotopic (exact) mass is 648 g/mol. The summed E-state index contributed by atoms with van der Waals surface area (Å²) in [4.78, 5) is 24.8. The number of hydrogen-bond donors (Lipinski definition) is 0. The number of carbonyl (C=O) groups is 2. The van der Waals surface area contributed by atoms with Gasteiger partial charge in [-0.15, -0.1) is 0 Å². The van der Waals surface area contributed by atoms with E-state index in [-0.39, 0.29) is 26.2 Å². The van der Waals surface area contributed by atoms with Crippen LogP contribution < -0.4 is 0 Å². The van der Waals surface area contributed by atoms with Crippen LogP contribution in [0.2, 0.25) is 0 Å². The van der Waals surface area contributed by atoms with E-state index in [1.54, 1.807) is 30.3 Å². The van der Waals surface area contributed by atoms with Gasteiger partial charge in [0.2, 0.25) is 0 Å². The number of ether oxygens (including phenoxy) is 10. The third-order valence-electron chi connectivity index (χ3n) is 8.53. The third-order valence-corrected chi connectivity index (χ3v) is 8.53. The molecule has 0 saturated carbocycles. The Labute approximate surface area is 271 Å². The van der Waals surface area contributed by atoms with Crippen LogP contribution in [0.15, 0.2) is 91.0 Å². The highest BCUT2D eigenvalue weighted by Gasteiger charge is 2.55. The van der Waals surface area contributed by atoms with Gasteiger partial charge in [-0.05, 0) is 17.7 Å². The largest absolute Gasteiger partial charge is 0.509 e. The molecule has 3 aromatic carbocycles. The predicted molar refractivity (Wildman–Crippen MR) is 161 cm³/mol. The second-order valence-corrected chi connectivity index (χ2v) is 11.6. The van der Waals surface area contributed by atoms with Crippen LogP contribution in [0, 0.1) is 0 Å². The maximum absolute atomic E-state index is 12.7. The minimum Gasteiger partial charge on any atom is -0.459 e. The molecule has 0 aliphatic carbocycles. The van der Waals surface area contributed by atoms with Crippen LogP contribution in [0.3, 0.4) is 0 Å². The summed E-state index contributed by atoms with van der Waals surface area (Å²) in [6, 6.07) is 28.0. The van der Waals surface area contributed by atoms with Crippen LogP contribution in [0.4, 0.5) is 4.79 Å². The summed E-state index contributed by atoms with van der Waals surface area (Å²) < 4.78 is 60.4. The SMILES string of the molecule is CO[C@H]1O[C@@H]2COC(c3ccccc3)O[C@H]2[C@H](OCc2ccccc2)[C@H]1O[C@@H]1C[C@H]2OC(=O)O[C@@H]2[C@@H](COC(=O)c2ccccc2)O1. The Kier molecular flexibility index (Phi) is 9.77. The molecule has 4 fully saturated rings. The van der Waals surface area contributed by atoms with Gasteiger partial charge in [0.15, 0.2) is 25.0 Å². The maximum Gasteiger partial charge on any atom is 0.509 e. The first kappa shape index (κ1) is 31.7. The summed E-state index contributed by atoms with van der Waals surface area (Å²) in [6.45, 7) is 0.316. The Morgan fingerprint density at radius 2 is 1.53 bits per heavy atom. The highest BCUT2D eigenvalue weighted by atomic mass is 16.8. The van der Waals surface area contributed by atoms with Crippen LogP contribution >= 0.6 is 0 Å². The second-order valence-electron chi connectivity index (χ2n) is 11.6. The van der Waals surface area contributed by atoms with Gasteiger partial charge in [0.1, 0.15) is 43.2 Å². The topological polar surface area (TPSA) is 126 Å². The number of carbonyl (C=O) groups excluding carboxylic acids is 2. The number of methoxy groups -OCH3 is 1. The molecule has 1 unspecified atom stereocenters. The van der Waals surface area contributed by atoms with Crippen LogP contribution in [0.5, 0.6) is 0 Å². The molecule has 4 heterocycles. The third kappa shape index (κ3) is 7.19. The van der Waals surface area contributed by atoms with Crippen LogP contribution in [-0.4, -0.2) is 87.8 Å². The van der Waals surface area contributed by atoms with Crippen molar-refractivity contribution >= 4 is 12.1 Å². The molecule has 7 rings (SSSR count). The Morgan fingerprint density at radius 3 is 2.28 bits per heavy atom. The van der Waals surface area contributed by atoms with E-state index < -0.39 is 73.7 Å². The number of fused-ring (bicyclic) bond motifs is 2. The molecule has 248 valence electrons. The lowest BCUT2D eigenvalue weighted by atomic mass is 9.96. The summed E-state index contributed by atoms with van der Waals surface area (Å²) in [7, 11) is 1.52. The molecule has 12 heteroatoms. The van der Waals surface area contributed by atoms with Crippen molar-refractivity contribution in [3.05, 3.63) is 108 Å². The Morgan fingerprint density at radius 1 is 0.809 bits per heavy atom. The molecule has 4 aliphatic heterocycles. The highest BCUT2D eigenvalue weighted by molar-refractivity contribution is 5.89. The minimum absolute atomic E-state index is 0.155. The van der Waals surface area contributed by atoms with Crippen molar-refractivity contribution in [3.63, 3.8) is 0 Å². The fourth-order valence-electron chi connectivity index (χ4n) is 6.25. The first-order chi connectivity index (χ1) is 23.1. The molecule has 0 radical (unpaired) electrons. The number of benzene rings is 3. The zero-order valence-electron chi connectivity index (χ0n) is 25.7. The van der Waals surface area contributed by atoms with E-state index in [0.717, 1.165) is 11.1 Å². The van der Waals surface area contributed by atoms with E-state index in [0.29, 0.717) is 5.56 Å². The van der Waals surface area contributed by atoms with Crippen molar-refractivity contribution in [1.29, 1.82) is 0 Å². The van der Waals surface area contributed by atoms with Crippen molar-refractivity contribution in [1.82, 2.24) is 0 Å². The zero-order valence-corrected chi connectivity index (χ0v) is 25.7. The zero-order chi connectivity index (χ0) is 32.2. The quantitative estimate of drug-likeness (QED) is 0.291. The molecule has 0 N–H and O–H groups in total. The van der Waals surface area contributed by atoms with Gasteiger partial charge in [-0.2, -0.15) is 0 Å². The van der Waals surface area contributed by atoms with Crippen molar-refractivity contribution in [2.75, 3.05) is 20.3 Å². The van der Waals surface area contributed by atoms with Gasteiger partial charge < -0.3 is 47.4 Å². The van der Waals surface area contributed by atoms with E-state index in [9.17, 15) is 9.59 Å². The van der Waals surface area contributed by atoms with Gasteiger partial charge in [0.25, 0.3) is 0 Å². The maximum atomic E-state index is 12.7. The molecule has 0 amide bonds. The second kappa shape index (κ2) is 14.5. The normalized spacial score (nSPS) is 33.2. The van der Waals surface area contributed by atoms with Crippen LogP contribution in [0.1, 0.15) is 34.2 Å². The smallest absolute Gasteiger partial charge is 0.459 e. The molecular formula is C35H36O12. The van der Waals surface area contributed by atoms with Crippen LogP contribution in [0.25, 0.3) is 0 Å². The van der Waals surface area contributed by atoms with E-state index in [4.69, 9.17) is 47.4 Å². The van der Waals surface area contributed by atoms with Gasteiger partial charge in [-0.1, -0.05) is 78.9 Å². The summed E-state index contributed by atoms with van der Waals surface area (Å²) in [5, 5.41) is 0. The molecule has 47 heavy (non-hydrogen) atoms. The average molecular weight is 649 g/mol. The molecule has 0 aromatic heterocycles. The van der Waals surface area contributed by atoms with Crippen LogP contribution in [-0.2, 0) is 54.0 Å². The van der Waals surface area contributed by atoms with E-state index in [1.165, 1.54) is 7.11 Å². The lowest BCUT2D eigenvalue weighted by Gasteiger charge is -2.49. The molecule has 10 atom stereocenters. The van der Waals surface area contributed by atoms with Gasteiger partial charge >= 0.3 is 12.1 Å². The molecular weight excluding hydrogens is 612 g/mol. The summed E-state index contributed by atoms with van der Waals surface area (Å²) in [5.41, 5.74) is 2.20. The molecule has 0 bridgehead atoms. The molecule has 3 aromatic rings. The number of esters is 1. The van der Waals surface area contributed by atoms with E-state index >= 15 is 0 Å². The first-order valence-electron chi connectivity index (χ1n) is 15.6. The average Bonchev–Trinajstić information content (AvgIpc) is 3.50. The summed E-state index contributed by atoms with van der Waals surface area (Å²) in [6.07, 6.45) is -8.09. The fraction of sp³-hybridized carbons (Fsp3) is 0.429. The standard InChI is InChI=1S/C35H36O12/c1-38-34-31(45-27-17-24-28(47-35(37)44-24)25(42-27)19-40-32(36)22-13-7-3-8-14-22)30(39-18-21-11-5-2-6-12-21)29-26(43-34)20-41-33(46-29)23-15-9-4-10-16-23/h2-16,24-31,33-34H,17-20H2,1H3/t24-,25-,26-,27-,28+,29-,30+,31-,33?,34+/m1/s1. The van der Waals surface area contributed by atoms with Crippen molar-refractivity contribution in [2.24, 2.45) is 0 Å². The van der Waals surface area contributed by atoms with Crippen molar-refractivity contribution in [3.8, 4) is 0 Å². The predicted octanol–water partition coefficient (Wildman–Crippen LogP) is 4.32. The lowest BCUT2D eigenvalue weighted by Crippen LogP contribution is -2.64. The highest BCUT2D eigenvalue weighted by Crippen LogP contribution is 2.39. The van der Waals surface area contributed by atoms with Gasteiger partial charge in [0, 0.05) is 19.1 Å². The number of hydrogen-bond acceptors (Lipinski definition) is 12. The Bertz CT molecular complexity index is 1470. The van der Waals surface area contributed by atoms with Gasteiger partial charge in [-0.25, -0.2) is 9.59 Å². The van der Waals surface area contributed by atoms with Gasteiger partial charge in [0.05, 0.1) is 18.8 Å². The Balaban J connectivity index is 1.11. The van der Waals surface area contributed by atoms with Crippen molar-refractivity contribution < 1.29 is 57.0 Å². The minimum atomic E-state index is -0.929.